The summed E-state index contributed by atoms with van der Waals surface area (Å²) in [4.78, 5) is 14.1. The zero-order valence-corrected chi connectivity index (χ0v) is 11.9. The second-order valence-corrected chi connectivity index (χ2v) is 4.33. The van der Waals surface area contributed by atoms with Gasteiger partial charge in [-0.2, -0.15) is 5.26 Å². The van der Waals surface area contributed by atoms with Gasteiger partial charge in [-0.15, -0.1) is 0 Å². The first-order valence-electron chi connectivity index (χ1n) is 6.59. The molecule has 0 unspecified atom stereocenters. The molecule has 0 aliphatic carbocycles. The van der Waals surface area contributed by atoms with Crippen molar-refractivity contribution in [1.82, 2.24) is 4.90 Å². The van der Waals surface area contributed by atoms with Gasteiger partial charge in [0.05, 0.1) is 19.0 Å². The van der Waals surface area contributed by atoms with E-state index in [1.54, 1.807) is 11.0 Å². The van der Waals surface area contributed by atoms with Crippen molar-refractivity contribution >= 4 is 5.91 Å². The first kappa shape index (κ1) is 15.8. The fourth-order valence-electron chi connectivity index (χ4n) is 1.84. The van der Waals surface area contributed by atoms with Crippen molar-refractivity contribution in [2.45, 2.75) is 20.3 Å². The minimum atomic E-state index is -0.0587. The molecule has 1 aromatic rings. The Kier molecular flexibility index (Phi) is 6.29. The SMILES string of the molecule is CCN(CCC#N)C(=O)c1cc(C#CCN)ccc1C. The normalized spacial score (nSPS) is 9.30. The Labute approximate surface area is 120 Å². The van der Waals surface area contributed by atoms with Crippen molar-refractivity contribution < 1.29 is 4.79 Å². The molecular weight excluding hydrogens is 250 g/mol. The highest BCUT2D eigenvalue weighted by Gasteiger charge is 2.16. The Morgan fingerprint density at radius 1 is 1.45 bits per heavy atom. The average Bonchev–Trinajstić information content (AvgIpc) is 2.47. The molecule has 1 rings (SSSR count). The summed E-state index contributed by atoms with van der Waals surface area (Å²) in [6, 6.07) is 7.61. The maximum atomic E-state index is 12.5. The second kappa shape index (κ2) is 7.99. The fraction of sp³-hybridized carbons (Fsp3) is 0.375. The number of hydrogen-bond acceptors (Lipinski definition) is 3. The number of amides is 1. The number of aryl methyl sites for hydroxylation is 1. The number of benzene rings is 1. The van der Waals surface area contributed by atoms with E-state index in [9.17, 15) is 4.79 Å². The number of carbonyl (C=O) groups is 1. The Hall–Kier alpha value is -2.30. The molecule has 0 aliphatic heterocycles. The van der Waals surface area contributed by atoms with Gasteiger partial charge in [-0.25, -0.2) is 0 Å². The van der Waals surface area contributed by atoms with Gasteiger partial charge in [-0.05, 0) is 31.5 Å². The summed E-state index contributed by atoms with van der Waals surface area (Å²) in [7, 11) is 0. The number of hydrogen-bond donors (Lipinski definition) is 1. The molecule has 0 heterocycles. The molecule has 0 radical (unpaired) electrons. The summed E-state index contributed by atoms with van der Waals surface area (Å²) in [5, 5.41) is 8.64. The number of nitrogens with two attached hydrogens (primary N) is 1. The number of nitriles is 1. The molecule has 0 fully saturated rings. The van der Waals surface area contributed by atoms with Gasteiger partial charge in [0, 0.05) is 24.2 Å². The monoisotopic (exact) mass is 269 g/mol. The Morgan fingerprint density at radius 3 is 2.80 bits per heavy atom. The maximum absolute atomic E-state index is 12.5. The van der Waals surface area contributed by atoms with Crippen LogP contribution >= 0.6 is 0 Å². The molecule has 4 nitrogen and oxygen atoms in total. The van der Waals surface area contributed by atoms with Gasteiger partial charge in [-0.1, -0.05) is 17.9 Å². The smallest absolute Gasteiger partial charge is 0.254 e. The summed E-state index contributed by atoms with van der Waals surface area (Å²) in [5.41, 5.74) is 7.67. The molecule has 0 atom stereocenters. The molecule has 4 heteroatoms. The van der Waals surface area contributed by atoms with E-state index < -0.39 is 0 Å². The van der Waals surface area contributed by atoms with E-state index in [0.29, 0.717) is 31.6 Å². The highest BCUT2D eigenvalue weighted by Crippen LogP contribution is 2.14. The van der Waals surface area contributed by atoms with Gasteiger partial charge in [0.15, 0.2) is 0 Å². The van der Waals surface area contributed by atoms with Gasteiger partial charge in [0.1, 0.15) is 0 Å². The zero-order valence-electron chi connectivity index (χ0n) is 11.9. The highest BCUT2D eigenvalue weighted by atomic mass is 16.2. The second-order valence-electron chi connectivity index (χ2n) is 4.33. The lowest BCUT2D eigenvalue weighted by Crippen LogP contribution is -2.32. The summed E-state index contributed by atoms with van der Waals surface area (Å²) in [6.07, 6.45) is 0.339. The van der Waals surface area contributed by atoms with E-state index in [2.05, 4.69) is 17.9 Å². The van der Waals surface area contributed by atoms with E-state index in [1.807, 2.05) is 26.0 Å². The third-order valence-electron chi connectivity index (χ3n) is 2.97. The molecule has 0 aromatic heterocycles. The van der Waals surface area contributed by atoms with Crippen molar-refractivity contribution in [3.63, 3.8) is 0 Å². The lowest BCUT2D eigenvalue weighted by atomic mass is 10.0. The van der Waals surface area contributed by atoms with E-state index in [-0.39, 0.29) is 5.91 Å². The van der Waals surface area contributed by atoms with Crippen LogP contribution in [0.5, 0.6) is 0 Å². The Balaban J connectivity index is 3.04. The van der Waals surface area contributed by atoms with Crippen LogP contribution in [-0.4, -0.2) is 30.4 Å². The van der Waals surface area contributed by atoms with Gasteiger partial charge in [-0.3, -0.25) is 4.79 Å². The van der Waals surface area contributed by atoms with E-state index >= 15 is 0 Å². The lowest BCUT2D eigenvalue weighted by Gasteiger charge is -2.20. The van der Waals surface area contributed by atoms with Crippen molar-refractivity contribution in [3.8, 4) is 17.9 Å². The zero-order chi connectivity index (χ0) is 15.0. The van der Waals surface area contributed by atoms with Crippen LogP contribution in [0.1, 0.15) is 34.8 Å². The molecule has 104 valence electrons. The van der Waals surface area contributed by atoms with Gasteiger partial charge in [0.25, 0.3) is 5.91 Å². The molecular formula is C16H19N3O. The predicted molar refractivity (Wildman–Crippen MR) is 78.9 cm³/mol. The van der Waals surface area contributed by atoms with Crippen molar-refractivity contribution in [1.29, 1.82) is 5.26 Å². The molecule has 0 bridgehead atoms. The maximum Gasteiger partial charge on any atom is 0.254 e. The predicted octanol–water partition coefficient (Wildman–Crippen LogP) is 1.68. The van der Waals surface area contributed by atoms with Gasteiger partial charge >= 0.3 is 0 Å². The molecule has 20 heavy (non-hydrogen) atoms. The summed E-state index contributed by atoms with van der Waals surface area (Å²) >= 11 is 0. The van der Waals surface area contributed by atoms with Crippen LogP contribution in [0.2, 0.25) is 0 Å². The van der Waals surface area contributed by atoms with Gasteiger partial charge in [0.2, 0.25) is 0 Å². The molecule has 0 aliphatic rings. The first-order valence-corrected chi connectivity index (χ1v) is 6.59. The number of carbonyl (C=O) groups excluding carboxylic acids is 1. The minimum absolute atomic E-state index is 0.0587. The largest absolute Gasteiger partial charge is 0.338 e. The van der Waals surface area contributed by atoms with Crippen LogP contribution in [0.25, 0.3) is 0 Å². The lowest BCUT2D eigenvalue weighted by molar-refractivity contribution is 0.0767. The summed E-state index contributed by atoms with van der Waals surface area (Å²) in [5.74, 6) is 5.65. The fourth-order valence-corrected chi connectivity index (χ4v) is 1.84. The Bertz CT molecular complexity index is 576. The summed E-state index contributed by atoms with van der Waals surface area (Å²) in [6.45, 7) is 5.12. The van der Waals surface area contributed by atoms with Crippen LogP contribution in [0.4, 0.5) is 0 Å². The van der Waals surface area contributed by atoms with Crippen molar-refractivity contribution in [2.75, 3.05) is 19.6 Å². The standard InChI is InChI=1S/C16H19N3O/c1-3-19(11-5-10-18)16(20)15-12-14(6-4-9-17)8-7-13(15)2/h7-8,12H,3,5,9,11,17H2,1-2H3. The van der Waals surface area contributed by atoms with E-state index in [1.165, 1.54) is 0 Å². The van der Waals surface area contributed by atoms with Crippen LogP contribution in [0.3, 0.4) is 0 Å². The molecule has 0 saturated carbocycles. The van der Waals surface area contributed by atoms with Crippen LogP contribution in [-0.2, 0) is 0 Å². The van der Waals surface area contributed by atoms with Gasteiger partial charge < -0.3 is 10.6 Å². The molecule has 1 aromatic carbocycles. The quantitative estimate of drug-likeness (QED) is 0.845. The third kappa shape index (κ3) is 4.12. The summed E-state index contributed by atoms with van der Waals surface area (Å²) < 4.78 is 0. The Morgan fingerprint density at radius 2 is 2.20 bits per heavy atom. The number of nitrogens with zero attached hydrogens (tertiary/aromatic N) is 2. The topological polar surface area (TPSA) is 70.1 Å². The van der Waals surface area contributed by atoms with Crippen LogP contribution in [0, 0.1) is 30.1 Å². The molecule has 0 saturated heterocycles. The van der Waals surface area contributed by atoms with E-state index in [0.717, 1.165) is 11.1 Å². The average molecular weight is 269 g/mol. The number of rotatable bonds is 4. The third-order valence-corrected chi connectivity index (χ3v) is 2.97. The molecule has 0 spiro atoms. The molecule has 1 amide bonds. The minimum Gasteiger partial charge on any atom is -0.338 e. The van der Waals surface area contributed by atoms with E-state index in [4.69, 9.17) is 11.0 Å². The van der Waals surface area contributed by atoms with Crippen molar-refractivity contribution in [2.24, 2.45) is 5.73 Å². The highest BCUT2D eigenvalue weighted by molar-refractivity contribution is 5.96. The van der Waals surface area contributed by atoms with Crippen molar-refractivity contribution in [3.05, 3.63) is 34.9 Å². The van der Waals surface area contributed by atoms with Crippen LogP contribution in [0.15, 0.2) is 18.2 Å². The van der Waals surface area contributed by atoms with Crippen LogP contribution < -0.4 is 5.73 Å². The molecule has 2 N–H and O–H groups in total. The first-order chi connectivity index (χ1) is 9.63.